The van der Waals surface area contributed by atoms with Gasteiger partial charge in [-0.25, -0.2) is 0 Å². The highest BCUT2D eigenvalue weighted by molar-refractivity contribution is 6.31. The van der Waals surface area contributed by atoms with Crippen LogP contribution in [0.5, 0.6) is 0 Å². The molecule has 0 aliphatic carbocycles. The van der Waals surface area contributed by atoms with Gasteiger partial charge in [-0.05, 0) is 50.0 Å². The highest BCUT2D eigenvalue weighted by Crippen LogP contribution is 2.21. The van der Waals surface area contributed by atoms with Crippen molar-refractivity contribution in [2.24, 2.45) is 5.92 Å². The summed E-state index contributed by atoms with van der Waals surface area (Å²) in [5.41, 5.74) is 1.85. The third-order valence-electron chi connectivity index (χ3n) is 3.11. The highest BCUT2D eigenvalue weighted by Gasteiger charge is 2.18. The molecule has 0 aromatic heterocycles. The van der Waals surface area contributed by atoms with E-state index in [1.807, 2.05) is 19.1 Å². The Hall–Kier alpha value is -0.770. The van der Waals surface area contributed by atoms with Gasteiger partial charge in [-0.3, -0.25) is 4.79 Å². The first kappa shape index (κ1) is 15.3. The Morgan fingerprint density at radius 1 is 1.56 bits per heavy atom. The number of rotatable bonds is 3. The number of anilines is 1. The Bertz CT molecular complexity index is 417. The minimum absolute atomic E-state index is 0. The molecule has 1 aromatic rings. The second kappa shape index (κ2) is 6.98. The molecule has 0 saturated carbocycles. The first-order chi connectivity index (χ1) is 8.15. The lowest BCUT2D eigenvalue weighted by Crippen LogP contribution is -2.18. The van der Waals surface area contributed by atoms with Crippen LogP contribution in [0.1, 0.15) is 18.4 Å². The van der Waals surface area contributed by atoms with Gasteiger partial charge < -0.3 is 10.6 Å². The van der Waals surface area contributed by atoms with E-state index in [1.54, 1.807) is 6.07 Å². The number of amides is 1. The zero-order valence-corrected chi connectivity index (χ0v) is 11.9. The first-order valence-corrected chi connectivity index (χ1v) is 6.29. The maximum atomic E-state index is 11.8. The zero-order chi connectivity index (χ0) is 12.3. The number of nitrogens with one attached hydrogen (secondary N) is 2. The van der Waals surface area contributed by atoms with E-state index < -0.39 is 0 Å². The number of aryl methyl sites for hydroxylation is 1. The molecular weight excluding hydrogens is 271 g/mol. The Morgan fingerprint density at radius 3 is 3.00 bits per heavy atom. The van der Waals surface area contributed by atoms with Crippen LogP contribution in [0.2, 0.25) is 5.02 Å². The van der Waals surface area contributed by atoms with E-state index in [0.29, 0.717) is 17.4 Å². The summed E-state index contributed by atoms with van der Waals surface area (Å²) in [5.74, 6) is 0.540. The van der Waals surface area contributed by atoms with Gasteiger partial charge in [0.15, 0.2) is 0 Å². The molecule has 0 bridgehead atoms. The Labute approximate surface area is 119 Å². The average Bonchev–Trinajstić information content (AvgIpc) is 2.76. The number of hydrogen-bond donors (Lipinski definition) is 2. The number of halogens is 2. The molecule has 1 fully saturated rings. The van der Waals surface area contributed by atoms with Crippen molar-refractivity contribution < 1.29 is 4.79 Å². The summed E-state index contributed by atoms with van der Waals surface area (Å²) in [6, 6.07) is 5.53. The highest BCUT2D eigenvalue weighted by atomic mass is 35.5. The maximum absolute atomic E-state index is 11.8. The fourth-order valence-electron chi connectivity index (χ4n) is 2.08. The lowest BCUT2D eigenvalue weighted by Gasteiger charge is -2.11. The van der Waals surface area contributed by atoms with Crippen LogP contribution in [0.4, 0.5) is 5.69 Å². The van der Waals surface area contributed by atoms with Crippen LogP contribution in [-0.2, 0) is 4.79 Å². The minimum atomic E-state index is 0. The van der Waals surface area contributed by atoms with E-state index in [9.17, 15) is 4.79 Å². The van der Waals surface area contributed by atoms with Crippen LogP contribution >= 0.6 is 24.0 Å². The Balaban J connectivity index is 0.00000162. The SMILES string of the molecule is Cc1ccc(Cl)cc1NC(=O)CC1CCNC1.Cl. The molecule has 1 atom stereocenters. The van der Waals surface area contributed by atoms with Crippen molar-refractivity contribution in [1.82, 2.24) is 5.32 Å². The van der Waals surface area contributed by atoms with Gasteiger partial charge in [0.25, 0.3) is 0 Å². The van der Waals surface area contributed by atoms with E-state index in [2.05, 4.69) is 10.6 Å². The summed E-state index contributed by atoms with van der Waals surface area (Å²) in [6.45, 7) is 3.93. The summed E-state index contributed by atoms with van der Waals surface area (Å²) in [5, 5.41) is 6.83. The van der Waals surface area contributed by atoms with Crippen molar-refractivity contribution in [3.05, 3.63) is 28.8 Å². The molecule has 0 radical (unpaired) electrons. The van der Waals surface area contributed by atoms with Gasteiger partial charge >= 0.3 is 0 Å². The van der Waals surface area contributed by atoms with Crippen molar-refractivity contribution in [1.29, 1.82) is 0 Å². The van der Waals surface area contributed by atoms with Gasteiger partial charge in [0, 0.05) is 17.1 Å². The standard InChI is InChI=1S/C13H17ClN2O.ClH/c1-9-2-3-11(14)7-12(9)16-13(17)6-10-4-5-15-8-10;/h2-3,7,10,15H,4-6,8H2,1H3,(H,16,17);1H. The molecule has 100 valence electrons. The fraction of sp³-hybridized carbons (Fsp3) is 0.462. The van der Waals surface area contributed by atoms with Crippen LogP contribution < -0.4 is 10.6 Å². The monoisotopic (exact) mass is 288 g/mol. The molecule has 1 aliphatic heterocycles. The fourth-order valence-corrected chi connectivity index (χ4v) is 2.25. The molecule has 1 aromatic carbocycles. The van der Waals surface area contributed by atoms with Crippen LogP contribution in [0, 0.1) is 12.8 Å². The van der Waals surface area contributed by atoms with Crippen molar-refractivity contribution in [2.75, 3.05) is 18.4 Å². The average molecular weight is 289 g/mol. The largest absolute Gasteiger partial charge is 0.326 e. The van der Waals surface area contributed by atoms with Crippen molar-refractivity contribution >= 4 is 35.6 Å². The summed E-state index contributed by atoms with van der Waals surface area (Å²) >= 11 is 5.91. The molecule has 5 heteroatoms. The molecule has 1 aliphatic rings. The van der Waals surface area contributed by atoms with Crippen molar-refractivity contribution in [2.45, 2.75) is 19.8 Å². The van der Waals surface area contributed by atoms with Gasteiger partial charge in [0.1, 0.15) is 0 Å². The second-order valence-electron chi connectivity index (χ2n) is 4.57. The third-order valence-corrected chi connectivity index (χ3v) is 3.35. The van der Waals surface area contributed by atoms with Crippen LogP contribution in [0.3, 0.4) is 0 Å². The van der Waals surface area contributed by atoms with Crippen LogP contribution in [0.15, 0.2) is 18.2 Å². The summed E-state index contributed by atoms with van der Waals surface area (Å²) in [4.78, 5) is 11.8. The van der Waals surface area contributed by atoms with E-state index in [-0.39, 0.29) is 18.3 Å². The number of benzene rings is 1. The summed E-state index contributed by atoms with van der Waals surface area (Å²) in [6.07, 6.45) is 1.67. The first-order valence-electron chi connectivity index (χ1n) is 5.92. The smallest absolute Gasteiger partial charge is 0.224 e. The topological polar surface area (TPSA) is 41.1 Å². The van der Waals surface area contributed by atoms with E-state index in [1.165, 1.54) is 0 Å². The Morgan fingerprint density at radius 2 is 2.33 bits per heavy atom. The van der Waals surface area contributed by atoms with Gasteiger partial charge in [-0.2, -0.15) is 0 Å². The molecule has 1 saturated heterocycles. The van der Waals surface area contributed by atoms with E-state index >= 15 is 0 Å². The molecule has 18 heavy (non-hydrogen) atoms. The summed E-state index contributed by atoms with van der Waals surface area (Å²) in [7, 11) is 0. The van der Waals surface area contributed by atoms with Crippen molar-refractivity contribution in [3.8, 4) is 0 Å². The number of carbonyl (C=O) groups is 1. The van der Waals surface area contributed by atoms with Gasteiger partial charge in [0.2, 0.25) is 5.91 Å². The normalized spacial score (nSPS) is 18.2. The number of carbonyl (C=O) groups excluding carboxylic acids is 1. The molecule has 0 spiro atoms. The van der Waals surface area contributed by atoms with E-state index in [4.69, 9.17) is 11.6 Å². The quantitative estimate of drug-likeness (QED) is 0.898. The third kappa shape index (κ3) is 4.16. The molecule has 1 heterocycles. The maximum Gasteiger partial charge on any atom is 0.224 e. The molecular formula is C13H18Cl2N2O. The van der Waals surface area contributed by atoms with Crippen LogP contribution in [0.25, 0.3) is 0 Å². The zero-order valence-electron chi connectivity index (χ0n) is 10.3. The lowest BCUT2D eigenvalue weighted by molar-refractivity contribution is -0.116. The minimum Gasteiger partial charge on any atom is -0.326 e. The predicted molar refractivity (Wildman–Crippen MR) is 77.7 cm³/mol. The molecule has 3 nitrogen and oxygen atoms in total. The second-order valence-corrected chi connectivity index (χ2v) is 5.01. The van der Waals surface area contributed by atoms with Gasteiger partial charge in [-0.15, -0.1) is 12.4 Å². The Kier molecular flexibility index (Phi) is 5.93. The van der Waals surface area contributed by atoms with Crippen molar-refractivity contribution in [3.63, 3.8) is 0 Å². The molecule has 2 rings (SSSR count). The molecule has 1 unspecified atom stereocenters. The van der Waals surface area contributed by atoms with Crippen LogP contribution in [-0.4, -0.2) is 19.0 Å². The van der Waals surface area contributed by atoms with Gasteiger partial charge in [-0.1, -0.05) is 17.7 Å². The lowest BCUT2D eigenvalue weighted by atomic mass is 10.0. The predicted octanol–water partition coefficient (Wildman–Crippen LogP) is 3.01. The molecule has 1 amide bonds. The van der Waals surface area contributed by atoms with Gasteiger partial charge in [0.05, 0.1) is 0 Å². The van der Waals surface area contributed by atoms with E-state index in [0.717, 1.165) is 30.8 Å². The summed E-state index contributed by atoms with van der Waals surface area (Å²) < 4.78 is 0. The molecule has 2 N–H and O–H groups in total. The number of hydrogen-bond acceptors (Lipinski definition) is 2.